The lowest BCUT2D eigenvalue weighted by atomic mass is 10.1. The van der Waals surface area contributed by atoms with Crippen molar-refractivity contribution in [2.45, 2.75) is 18.9 Å². The van der Waals surface area contributed by atoms with E-state index in [-0.39, 0.29) is 5.91 Å². The zero-order chi connectivity index (χ0) is 10.8. The Morgan fingerprint density at radius 1 is 1.67 bits per heavy atom. The molecule has 1 amide bonds. The number of likely N-dealkylation sites (tertiary alicyclic amines) is 1. The number of amides is 1. The Morgan fingerprint density at radius 2 is 2.47 bits per heavy atom. The van der Waals surface area contributed by atoms with Crippen molar-refractivity contribution in [3.05, 3.63) is 22.6 Å². The Morgan fingerprint density at radius 3 is 3.07 bits per heavy atom. The van der Waals surface area contributed by atoms with Crippen LogP contribution < -0.4 is 0 Å². The van der Waals surface area contributed by atoms with Gasteiger partial charge in [0, 0.05) is 13.1 Å². The van der Waals surface area contributed by atoms with Gasteiger partial charge < -0.3 is 14.4 Å². The number of carbonyl (C=O) groups excluding carboxylic acids is 1. The molecule has 82 valence electrons. The fourth-order valence-corrected chi connectivity index (χ4v) is 2.17. The number of aliphatic hydroxyl groups excluding tert-OH is 1. The highest BCUT2D eigenvalue weighted by molar-refractivity contribution is 9.10. The van der Waals surface area contributed by atoms with Gasteiger partial charge in [0.15, 0.2) is 4.67 Å². The molecule has 0 radical (unpaired) electrons. The summed E-state index contributed by atoms with van der Waals surface area (Å²) >= 11 is 3.17. The van der Waals surface area contributed by atoms with E-state index >= 15 is 0 Å². The van der Waals surface area contributed by atoms with E-state index in [9.17, 15) is 9.90 Å². The molecule has 0 spiro atoms. The minimum absolute atomic E-state index is 0.0885. The molecule has 1 aliphatic heterocycles. The van der Waals surface area contributed by atoms with Crippen molar-refractivity contribution >= 4 is 21.8 Å². The highest BCUT2D eigenvalue weighted by Gasteiger charge is 2.25. The Bertz CT molecular complexity index is 363. The Hall–Kier alpha value is -0.810. The molecule has 1 aliphatic rings. The smallest absolute Gasteiger partial charge is 0.258 e. The van der Waals surface area contributed by atoms with Crippen LogP contribution in [-0.4, -0.2) is 35.1 Å². The molecule has 5 heteroatoms. The number of rotatable bonds is 1. The molecule has 1 aromatic heterocycles. The lowest BCUT2D eigenvalue weighted by molar-refractivity contribution is 0.0472. The van der Waals surface area contributed by atoms with E-state index in [0.717, 1.165) is 12.8 Å². The molecule has 0 aromatic carbocycles. The van der Waals surface area contributed by atoms with Gasteiger partial charge in [-0.3, -0.25) is 4.79 Å². The summed E-state index contributed by atoms with van der Waals surface area (Å²) in [4.78, 5) is 13.6. The van der Waals surface area contributed by atoms with E-state index in [1.165, 1.54) is 6.26 Å². The number of carbonyl (C=O) groups is 1. The normalized spacial score (nSPS) is 21.7. The SMILES string of the molecule is O=C(c1ccoc1Br)N1CCC[C@H](O)C1. The first-order valence-electron chi connectivity index (χ1n) is 4.89. The first-order valence-corrected chi connectivity index (χ1v) is 5.68. The summed E-state index contributed by atoms with van der Waals surface area (Å²) in [5.74, 6) is -0.0885. The first kappa shape index (κ1) is 10.7. The standard InChI is InChI=1S/C10H12BrNO3/c11-9-8(3-5-15-9)10(14)12-4-1-2-7(13)6-12/h3,5,7,13H,1-2,4,6H2/t7-/m0/s1. The summed E-state index contributed by atoms with van der Waals surface area (Å²) in [6.45, 7) is 1.12. The van der Waals surface area contributed by atoms with Gasteiger partial charge in [0.2, 0.25) is 0 Å². The topological polar surface area (TPSA) is 53.7 Å². The number of β-amino-alcohol motifs (C(OH)–C–C–N with tert-alkyl or cyclic N) is 1. The molecule has 4 nitrogen and oxygen atoms in total. The third-order valence-electron chi connectivity index (χ3n) is 2.53. The molecule has 1 atom stereocenters. The maximum absolute atomic E-state index is 12.0. The van der Waals surface area contributed by atoms with Crippen LogP contribution >= 0.6 is 15.9 Å². The largest absolute Gasteiger partial charge is 0.457 e. The van der Waals surface area contributed by atoms with Gasteiger partial charge >= 0.3 is 0 Å². The van der Waals surface area contributed by atoms with Crippen molar-refractivity contribution in [1.82, 2.24) is 4.90 Å². The molecular weight excluding hydrogens is 262 g/mol. The van der Waals surface area contributed by atoms with Crippen molar-refractivity contribution < 1.29 is 14.3 Å². The number of hydrogen-bond acceptors (Lipinski definition) is 3. The van der Waals surface area contributed by atoms with Crippen LogP contribution in [0, 0.1) is 0 Å². The van der Waals surface area contributed by atoms with Gasteiger partial charge in [-0.2, -0.15) is 0 Å². The van der Waals surface area contributed by atoms with Gasteiger partial charge in [0.1, 0.15) is 0 Å². The summed E-state index contributed by atoms with van der Waals surface area (Å²) in [5.41, 5.74) is 0.518. The monoisotopic (exact) mass is 273 g/mol. The van der Waals surface area contributed by atoms with Crippen LogP contribution in [0.1, 0.15) is 23.2 Å². The lowest BCUT2D eigenvalue weighted by Gasteiger charge is -2.29. The fourth-order valence-electron chi connectivity index (χ4n) is 1.76. The van der Waals surface area contributed by atoms with E-state index in [4.69, 9.17) is 4.42 Å². The second-order valence-electron chi connectivity index (χ2n) is 3.66. The quantitative estimate of drug-likeness (QED) is 0.847. The van der Waals surface area contributed by atoms with Crippen molar-refractivity contribution in [3.8, 4) is 0 Å². The number of furan rings is 1. The minimum Gasteiger partial charge on any atom is -0.457 e. The summed E-state index contributed by atoms with van der Waals surface area (Å²) in [6.07, 6.45) is 2.70. The fraction of sp³-hybridized carbons (Fsp3) is 0.500. The average molecular weight is 274 g/mol. The van der Waals surface area contributed by atoms with Crippen molar-refractivity contribution in [1.29, 1.82) is 0 Å². The van der Waals surface area contributed by atoms with Gasteiger partial charge in [-0.05, 0) is 34.8 Å². The molecule has 1 fully saturated rings. The van der Waals surface area contributed by atoms with Crippen LogP contribution in [0.3, 0.4) is 0 Å². The highest BCUT2D eigenvalue weighted by Crippen LogP contribution is 2.21. The summed E-state index contributed by atoms with van der Waals surface area (Å²) in [7, 11) is 0. The number of piperidine rings is 1. The first-order chi connectivity index (χ1) is 7.18. The zero-order valence-electron chi connectivity index (χ0n) is 8.15. The second kappa shape index (κ2) is 4.37. The third-order valence-corrected chi connectivity index (χ3v) is 3.15. The number of halogens is 1. The van der Waals surface area contributed by atoms with Gasteiger partial charge in [-0.25, -0.2) is 0 Å². The molecule has 0 saturated carbocycles. The number of aliphatic hydroxyl groups is 1. The van der Waals surface area contributed by atoms with E-state index in [2.05, 4.69) is 15.9 Å². The van der Waals surface area contributed by atoms with Crippen LogP contribution in [0.25, 0.3) is 0 Å². The van der Waals surface area contributed by atoms with Crippen molar-refractivity contribution in [2.24, 2.45) is 0 Å². The van der Waals surface area contributed by atoms with Crippen LogP contribution in [-0.2, 0) is 0 Å². The van der Waals surface area contributed by atoms with E-state index < -0.39 is 6.10 Å². The summed E-state index contributed by atoms with van der Waals surface area (Å²) in [5, 5.41) is 9.47. The predicted octanol–water partition coefficient (Wildman–Crippen LogP) is 1.64. The molecule has 2 rings (SSSR count). The van der Waals surface area contributed by atoms with E-state index in [1.807, 2.05) is 0 Å². The maximum Gasteiger partial charge on any atom is 0.258 e. The Balaban J connectivity index is 2.11. The molecule has 0 bridgehead atoms. The van der Waals surface area contributed by atoms with Crippen LogP contribution in [0.2, 0.25) is 0 Å². The molecule has 1 saturated heterocycles. The number of hydrogen-bond donors (Lipinski definition) is 1. The van der Waals surface area contributed by atoms with Gasteiger partial charge in [0.25, 0.3) is 5.91 Å². The van der Waals surface area contributed by atoms with Crippen LogP contribution in [0.5, 0.6) is 0 Å². The van der Waals surface area contributed by atoms with E-state index in [1.54, 1.807) is 11.0 Å². The van der Waals surface area contributed by atoms with Crippen LogP contribution in [0.4, 0.5) is 0 Å². The molecular formula is C10H12BrNO3. The minimum atomic E-state index is -0.395. The Kier molecular flexibility index (Phi) is 3.11. The molecule has 1 N–H and O–H groups in total. The third kappa shape index (κ3) is 2.23. The zero-order valence-corrected chi connectivity index (χ0v) is 9.74. The molecule has 15 heavy (non-hydrogen) atoms. The van der Waals surface area contributed by atoms with Gasteiger partial charge in [0.05, 0.1) is 17.9 Å². The van der Waals surface area contributed by atoms with E-state index in [0.29, 0.717) is 23.3 Å². The second-order valence-corrected chi connectivity index (χ2v) is 4.38. The van der Waals surface area contributed by atoms with Gasteiger partial charge in [-0.15, -0.1) is 0 Å². The summed E-state index contributed by atoms with van der Waals surface area (Å²) < 4.78 is 5.46. The molecule has 0 unspecified atom stereocenters. The van der Waals surface area contributed by atoms with Crippen molar-refractivity contribution in [3.63, 3.8) is 0 Å². The molecule has 0 aliphatic carbocycles. The number of nitrogens with zero attached hydrogens (tertiary/aromatic N) is 1. The lowest BCUT2D eigenvalue weighted by Crippen LogP contribution is -2.42. The van der Waals surface area contributed by atoms with Crippen LogP contribution in [0.15, 0.2) is 21.4 Å². The highest BCUT2D eigenvalue weighted by atomic mass is 79.9. The predicted molar refractivity (Wildman–Crippen MR) is 57.6 cm³/mol. The molecule has 1 aromatic rings. The maximum atomic E-state index is 12.0. The average Bonchev–Trinajstić information content (AvgIpc) is 2.63. The van der Waals surface area contributed by atoms with Crippen molar-refractivity contribution in [2.75, 3.05) is 13.1 Å². The Labute approximate surface area is 96.0 Å². The summed E-state index contributed by atoms with van der Waals surface area (Å²) in [6, 6.07) is 1.63. The molecule has 2 heterocycles. The van der Waals surface area contributed by atoms with Gasteiger partial charge in [-0.1, -0.05) is 0 Å².